The molecule has 2 atom stereocenters. The van der Waals surface area contributed by atoms with Crippen molar-refractivity contribution in [1.82, 2.24) is 20.7 Å². The molecule has 1 aromatic rings. The van der Waals surface area contributed by atoms with Crippen molar-refractivity contribution in [1.29, 1.82) is 0 Å². The molecule has 2 unspecified atom stereocenters. The second-order valence-corrected chi connectivity index (χ2v) is 9.69. The number of nitrogens with one attached hydrogen (secondary N) is 2. The van der Waals surface area contributed by atoms with Gasteiger partial charge in [-0.3, -0.25) is 15.0 Å². The van der Waals surface area contributed by atoms with Crippen molar-refractivity contribution in [2.75, 3.05) is 19.7 Å². The minimum Gasteiger partial charge on any atom is -0.477 e. The van der Waals surface area contributed by atoms with Gasteiger partial charge in [0.05, 0.1) is 12.7 Å². The number of hydrazine groups is 1. The van der Waals surface area contributed by atoms with Gasteiger partial charge in [-0.2, -0.15) is 0 Å². The summed E-state index contributed by atoms with van der Waals surface area (Å²) in [5.74, 6) is 1.58. The van der Waals surface area contributed by atoms with Gasteiger partial charge < -0.3 is 15.2 Å². The third-order valence-corrected chi connectivity index (χ3v) is 6.61. The number of carbonyl (C=O) groups is 2. The number of amides is 2. The fraction of sp³-hybridized carbons (Fsp3) is 0.696. The van der Waals surface area contributed by atoms with Gasteiger partial charge in [-0.25, -0.2) is 9.99 Å². The SMILES string of the molecule is O=C(NC(CC1CC1)C(=O)NN1CCC(O)C1)c1ccc(C2CC2)c(OCC2CC2)n1. The smallest absolute Gasteiger partial charge is 0.270 e. The van der Waals surface area contributed by atoms with E-state index in [-0.39, 0.29) is 11.8 Å². The summed E-state index contributed by atoms with van der Waals surface area (Å²) in [4.78, 5) is 30.4. The molecule has 4 aliphatic rings. The van der Waals surface area contributed by atoms with E-state index in [0.717, 1.165) is 31.2 Å². The summed E-state index contributed by atoms with van der Waals surface area (Å²) < 4.78 is 5.98. The maximum Gasteiger partial charge on any atom is 0.270 e. The highest BCUT2D eigenvalue weighted by atomic mass is 16.5. The average molecular weight is 429 g/mol. The van der Waals surface area contributed by atoms with Crippen LogP contribution in [0.5, 0.6) is 5.88 Å². The lowest BCUT2D eigenvalue weighted by Gasteiger charge is -2.23. The molecule has 0 spiro atoms. The van der Waals surface area contributed by atoms with E-state index in [1.165, 1.54) is 12.8 Å². The number of β-amino-alcohol motifs (C(OH)–C–C–N with tert-alkyl or cyclic N) is 1. The zero-order valence-corrected chi connectivity index (χ0v) is 17.9. The molecule has 3 saturated carbocycles. The van der Waals surface area contributed by atoms with Gasteiger partial charge in [-0.15, -0.1) is 0 Å². The summed E-state index contributed by atoms with van der Waals surface area (Å²) in [7, 11) is 0. The highest BCUT2D eigenvalue weighted by Gasteiger charge is 2.34. The van der Waals surface area contributed by atoms with Crippen molar-refractivity contribution in [3.8, 4) is 5.88 Å². The van der Waals surface area contributed by atoms with Gasteiger partial charge in [0.25, 0.3) is 11.8 Å². The zero-order chi connectivity index (χ0) is 21.4. The Morgan fingerprint density at radius 3 is 2.55 bits per heavy atom. The Bertz CT molecular complexity index is 835. The van der Waals surface area contributed by atoms with Crippen molar-refractivity contribution >= 4 is 11.8 Å². The molecule has 4 fully saturated rings. The second-order valence-electron chi connectivity index (χ2n) is 9.69. The lowest BCUT2D eigenvalue weighted by molar-refractivity contribution is -0.127. The largest absolute Gasteiger partial charge is 0.477 e. The summed E-state index contributed by atoms with van der Waals surface area (Å²) in [6.45, 7) is 1.69. The lowest BCUT2D eigenvalue weighted by atomic mass is 10.1. The van der Waals surface area contributed by atoms with Crippen LogP contribution < -0.4 is 15.5 Å². The number of nitrogens with zero attached hydrogens (tertiary/aromatic N) is 2. The van der Waals surface area contributed by atoms with Crippen LogP contribution >= 0.6 is 0 Å². The Morgan fingerprint density at radius 1 is 1.13 bits per heavy atom. The summed E-state index contributed by atoms with van der Waals surface area (Å²) in [5.41, 5.74) is 4.24. The van der Waals surface area contributed by atoms with Crippen molar-refractivity contribution in [3.63, 3.8) is 0 Å². The van der Waals surface area contributed by atoms with E-state index < -0.39 is 12.1 Å². The molecule has 168 valence electrons. The van der Waals surface area contributed by atoms with Crippen molar-refractivity contribution in [3.05, 3.63) is 23.4 Å². The number of carbonyl (C=O) groups excluding carboxylic acids is 2. The van der Waals surface area contributed by atoms with E-state index >= 15 is 0 Å². The monoisotopic (exact) mass is 428 g/mol. The molecule has 1 aliphatic heterocycles. The average Bonchev–Trinajstić information content (AvgIpc) is 3.60. The third-order valence-electron chi connectivity index (χ3n) is 6.61. The van der Waals surface area contributed by atoms with Gasteiger partial charge in [0.15, 0.2) is 0 Å². The summed E-state index contributed by atoms with van der Waals surface area (Å²) in [6, 6.07) is 3.10. The predicted octanol–water partition coefficient (Wildman–Crippen LogP) is 1.74. The maximum atomic E-state index is 13.0. The standard InChI is InChI=1S/C23H32N4O4/c28-17-9-10-27(12-17)26-22(30)20(11-14-1-2-14)24-21(29)19-8-7-18(16-5-6-16)23(25-19)31-13-15-3-4-15/h7-8,14-17,20,28H,1-6,9-13H2,(H,24,29)(H,26,30). The van der Waals surface area contributed by atoms with E-state index in [9.17, 15) is 14.7 Å². The van der Waals surface area contributed by atoms with Crippen molar-refractivity contribution in [2.45, 2.75) is 69.4 Å². The minimum atomic E-state index is -0.613. The van der Waals surface area contributed by atoms with E-state index in [0.29, 0.717) is 61.9 Å². The topological polar surface area (TPSA) is 104 Å². The molecule has 2 amide bonds. The van der Waals surface area contributed by atoms with Gasteiger partial charge in [0, 0.05) is 18.7 Å². The molecule has 31 heavy (non-hydrogen) atoms. The Hall–Kier alpha value is -2.19. The lowest BCUT2D eigenvalue weighted by Crippen LogP contribution is -2.52. The summed E-state index contributed by atoms with van der Waals surface area (Å²) in [5, 5.41) is 14.3. The molecule has 8 heteroatoms. The first kappa shape index (κ1) is 20.7. The maximum absolute atomic E-state index is 13.0. The van der Waals surface area contributed by atoms with E-state index in [4.69, 9.17) is 4.74 Å². The van der Waals surface area contributed by atoms with E-state index in [2.05, 4.69) is 15.7 Å². The number of rotatable bonds is 10. The molecular weight excluding hydrogens is 396 g/mol. The van der Waals surface area contributed by atoms with Gasteiger partial charge >= 0.3 is 0 Å². The predicted molar refractivity (Wildman–Crippen MR) is 113 cm³/mol. The quantitative estimate of drug-likeness (QED) is 0.525. The molecule has 5 rings (SSSR count). The van der Waals surface area contributed by atoms with Crippen LogP contribution in [0.2, 0.25) is 0 Å². The molecule has 3 aliphatic carbocycles. The molecule has 0 radical (unpaired) electrons. The molecule has 1 aromatic heterocycles. The van der Waals surface area contributed by atoms with Crippen LogP contribution in [0.3, 0.4) is 0 Å². The van der Waals surface area contributed by atoms with Crippen LogP contribution in [0.1, 0.15) is 73.3 Å². The highest BCUT2D eigenvalue weighted by Crippen LogP contribution is 2.44. The molecular formula is C23H32N4O4. The van der Waals surface area contributed by atoms with Crippen molar-refractivity contribution < 1.29 is 19.4 Å². The second kappa shape index (κ2) is 8.74. The van der Waals surface area contributed by atoms with Crippen LogP contribution in [0.15, 0.2) is 12.1 Å². The minimum absolute atomic E-state index is 0.228. The zero-order valence-electron chi connectivity index (χ0n) is 17.9. The molecule has 1 saturated heterocycles. The van der Waals surface area contributed by atoms with Gasteiger partial charge in [0.2, 0.25) is 5.88 Å². The number of aliphatic hydroxyl groups excluding tert-OH is 1. The first-order valence-electron chi connectivity index (χ1n) is 11.7. The first-order chi connectivity index (χ1) is 15.0. The fourth-order valence-corrected chi connectivity index (χ4v) is 4.11. The van der Waals surface area contributed by atoms with E-state index in [1.807, 2.05) is 6.07 Å². The van der Waals surface area contributed by atoms with Crippen LogP contribution in [0, 0.1) is 11.8 Å². The summed E-state index contributed by atoms with van der Waals surface area (Å²) >= 11 is 0. The van der Waals surface area contributed by atoms with Crippen molar-refractivity contribution in [2.24, 2.45) is 11.8 Å². The number of hydrogen-bond donors (Lipinski definition) is 3. The highest BCUT2D eigenvalue weighted by molar-refractivity contribution is 5.96. The number of aromatic nitrogens is 1. The Balaban J connectivity index is 1.25. The molecule has 3 N–H and O–H groups in total. The number of aliphatic hydroxyl groups is 1. The Morgan fingerprint density at radius 2 is 1.90 bits per heavy atom. The van der Waals surface area contributed by atoms with Gasteiger partial charge in [0.1, 0.15) is 11.7 Å². The van der Waals surface area contributed by atoms with Gasteiger partial charge in [-0.05, 0) is 62.3 Å². The number of hydrogen-bond acceptors (Lipinski definition) is 6. The molecule has 0 aromatic carbocycles. The third kappa shape index (κ3) is 5.54. The van der Waals surface area contributed by atoms with Gasteiger partial charge in [-0.1, -0.05) is 18.9 Å². The molecule has 2 heterocycles. The first-order valence-corrected chi connectivity index (χ1v) is 11.7. The Kier molecular flexibility index (Phi) is 5.84. The normalized spacial score (nSPS) is 24.6. The van der Waals surface area contributed by atoms with Crippen LogP contribution in [-0.4, -0.2) is 58.8 Å². The molecule has 8 nitrogen and oxygen atoms in total. The Labute approximate surface area is 182 Å². The van der Waals surface area contributed by atoms with E-state index in [1.54, 1.807) is 11.1 Å². The number of ether oxygens (including phenoxy) is 1. The van der Waals surface area contributed by atoms with Crippen LogP contribution in [0.25, 0.3) is 0 Å². The fourth-order valence-electron chi connectivity index (χ4n) is 4.11. The van der Waals surface area contributed by atoms with Crippen LogP contribution in [-0.2, 0) is 4.79 Å². The summed E-state index contributed by atoms with van der Waals surface area (Å²) in [6.07, 6.45) is 7.71. The number of pyridine rings is 1. The van der Waals surface area contributed by atoms with Crippen LogP contribution in [0.4, 0.5) is 0 Å². The molecule has 0 bridgehead atoms.